The number of ether oxygens (including phenoxy) is 1. The number of hydrogen-bond acceptors (Lipinski definition) is 8. The number of methoxy groups -OCH3 is 1. The molecule has 10 nitrogen and oxygen atoms in total. The van der Waals surface area contributed by atoms with Gasteiger partial charge < -0.3 is 29.7 Å². The number of hydrogen-bond donors (Lipinski definition) is 2. The lowest BCUT2D eigenvalue weighted by Gasteiger charge is -2.43. The molecule has 1 amide bonds. The molecule has 4 heterocycles. The van der Waals surface area contributed by atoms with E-state index in [4.69, 9.17) is 9.72 Å². The summed E-state index contributed by atoms with van der Waals surface area (Å²) in [7, 11) is 3.80. The summed E-state index contributed by atoms with van der Waals surface area (Å²) in [4.78, 5) is 28.9. The zero-order valence-electron chi connectivity index (χ0n) is 24.6. The number of carbonyl (C=O) groups is 1. The van der Waals surface area contributed by atoms with E-state index >= 15 is 0 Å². The van der Waals surface area contributed by atoms with Crippen LogP contribution in [0.25, 0.3) is 16.7 Å². The average Bonchev–Trinajstić information content (AvgIpc) is 3.45. The molecule has 2 aromatic heterocycles. The van der Waals surface area contributed by atoms with Crippen LogP contribution in [0.15, 0.2) is 67.5 Å². The highest BCUT2D eigenvalue weighted by Crippen LogP contribution is 2.39. The lowest BCUT2D eigenvalue weighted by atomic mass is 10.0. The highest BCUT2D eigenvalue weighted by molar-refractivity contribution is 6.02. The first-order valence-corrected chi connectivity index (χ1v) is 14.6. The molecule has 2 aliphatic rings. The molecular formula is C32H37FN8O2. The lowest BCUT2D eigenvalue weighted by molar-refractivity contribution is -0.111. The SMILES string of the molecule is C=CC(=O)Nc1cc(Nc2nccc(-n3ccc4cc(F)ccc43)n2)c(OC)cc1N1CCC(N2CCN(C)CC2)CC1. The standard InChI is InChI=1S/C32H37FN8O2/c1-4-31(42)35-25-20-26(36-32-34-11-7-30(37-32)41-14-8-22-19-23(33)5-6-27(22)41)29(43-3)21-28(25)40-12-9-24(10-13-40)39-17-15-38(2)16-18-39/h4-8,11,14,19-21,24H,1,9-10,12-13,15-18H2,2-3H3,(H,35,42)(H,34,36,37). The van der Waals surface area contributed by atoms with E-state index in [9.17, 15) is 9.18 Å². The van der Waals surface area contributed by atoms with Crippen LogP contribution in [0.5, 0.6) is 5.75 Å². The number of piperidine rings is 1. The fraction of sp³-hybridized carbons (Fsp3) is 0.344. The van der Waals surface area contributed by atoms with Crippen molar-refractivity contribution in [3.63, 3.8) is 0 Å². The van der Waals surface area contributed by atoms with Crippen molar-refractivity contribution in [3.05, 3.63) is 73.3 Å². The van der Waals surface area contributed by atoms with Gasteiger partial charge in [-0.25, -0.2) is 9.37 Å². The van der Waals surface area contributed by atoms with Crippen LogP contribution in [0.1, 0.15) is 12.8 Å². The van der Waals surface area contributed by atoms with Gasteiger partial charge in [0.15, 0.2) is 0 Å². The summed E-state index contributed by atoms with van der Waals surface area (Å²) in [6.07, 6.45) is 6.89. The van der Waals surface area contributed by atoms with Gasteiger partial charge >= 0.3 is 0 Å². The van der Waals surface area contributed by atoms with Gasteiger partial charge in [-0.2, -0.15) is 4.98 Å². The van der Waals surface area contributed by atoms with E-state index < -0.39 is 0 Å². The fourth-order valence-electron chi connectivity index (χ4n) is 6.02. The Balaban J connectivity index is 1.25. The van der Waals surface area contributed by atoms with Crippen molar-refractivity contribution in [1.29, 1.82) is 0 Å². The van der Waals surface area contributed by atoms with Gasteiger partial charge in [-0.05, 0) is 62.4 Å². The van der Waals surface area contributed by atoms with Crippen LogP contribution < -0.4 is 20.3 Å². The molecule has 43 heavy (non-hydrogen) atoms. The number of nitrogens with one attached hydrogen (secondary N) is 2. The molecule has 0 atom stereocenters. The van der Waals surface area contributed by atoms with E-state index in [1.165, 1.54) is 18.2 Å². The minimum absolute atomic E-state index is 0.287. The molecule has 0 bridgehead atoms. The summed E-state index contributed by atoms with van der Waals surface area (Å²) >= 11 is 0. The topological polar surface area (TPSA) is 90.8 Å². The monoisotopic (exact) mass is 584 g/mol. The molecular weight excluding hydrogens is 547 g/mol. The third-order valence-electron chi connectivity index (χ3n) is 8.41. The van der Waals surface area contributed by atoms with Gasteiger partial charge in [0.2, 0.25) is 11.9 Å². The molecule has 0 radical (unpaired) electrons. The summed E-state index contributed by atoms with van der Waals surface area (Å²) in [5, 5.41) is 7.04. The first-order valence-electron chi connectivity index (χ1n) is 14.6. The van der Waals surface area contributed by atoms with Gasteiger partial charge in [0.05, 0.1) is 29.7 Å². The smallest absolute Gasteiger partial charge is 0.247 e. The van der Waals surface area contributed by atoms with Crippen molar-refractivity contribution in [2.45, 2.75) is 18.9 Å². The van der Waals surface area contributed by atoms with Crippen molar-refractivity contribution in [2.24, 2.45) is 0 Å². The minimum Gasteiger partial charge on any atom is -0.494 e. The van der Waals surface area contributed by atoms with Crippen molar-refractivity contribution in [3.8, 4) is 11.6 Å². The summed E-state index contributed by atoms with van der Waals surface area (Å²) in [5.74, 6) is 0.992. The highest BCUT2D eigenvalue weighted by atomic mass is 19.1. The van der Waals surface area contributed by atoms with E-state index in [-0.39, 0.29) is 11.7 Å². The fourth-order valence-corrected chi connectivity index (χ4v) is 6.02. The Morgan fingerprint density at radius 1 is 1.05 bits per heavy atom. The van der Waals surface area contributed by atoms with Crippen LogP contribution >= 0.6 is 0 Å². The van der Waals surface area contributed by atoms with Crippen LogP contribution in [0, 0.1) is 5.82 Å². The number of likely N-dealkylation sites (N-methyl/N-ethyl adjacent to an activating group) is 1. The minimum atomic E-state index is -0.293. The first-order chi connectivity index (χ1) is 20.9. The molecule has 0 unspecified atom stereocenters. The molecule has 0 aliphatic carbocycles. The quantitative estimate of drug-likeness (QED) is 0.289. The van der Waals surface area contributed by atoms with Gasteiger partial charge in [0, 0.05) is 69.2 Å². The van der Waals surface area contributed by atoms with Gasteiger partial charge in [-0.15, -0.1) is 0 Å². The molecule has 2 N–H and O–H groups in total. The van der Waals surface area contributed by atoms with Gasteiger partial charge in [0.1, 0.15) is 17.4 Å². The first kappa shape index (κ1) is 28.6. The molecule has 0 spiro atoms. The maximum Gasteiger partial charge on any atom is 0.247 e. The number of aromatic nitrogens is 3. The van der Waals surface area contributed by atoms with E-state index in [2.05, 4.69) is 43.9 Å². The normalized spacial score (nSPS) is 16.8. The van der Waals surface area contributed by atoms with Crippen molar-refractivity contribution in [1.82, 2.24) is 24.3 Å². The molecule has 224 valence electrons. The lowest BCUT2D eigenvalue weighted by Crippen LogP contribution is -2.52. The number of halogens is 1. The van der Waals surface area contributed by atoms with Crippen LogP contribution in [0.3, 0.4) is 0 Å². The maximum atomic E-state index is 13.7. The molecule has 11 heteroatoms. The molecule has 2 aliphatic heterocycles. The highest BCUT2D eigenvalue weighted by Gasteiger charge is 2.28. The third-order valence-corrected chi connectivity index (χ3v) is 8.41. The molecule has 0 saturated carbocycles. The summed E-state index contributed by atoms with van der Waals surface area (Å²) in [6, 6.07) is 12.7. The molecule has 4 aromatic rings. The van der Waals surface area contributed by atoms with Gasteiger partial charge in [-0.3, -0.25) is 9.69 Å². The third kappa shape index (κ3) is 6.18. The second-order valence-electron chi connectivity index (χ2n) is 11.1. The average molecular weight is 585 g/mol. The summed E-state index contributed by atoms with van der Waals surface area (Å²) in [6.45, 7) is 9.83. The zero-order valence-corrected chi connectivity index (χ0v) is 24.6. The second kappa shape index (κ2) is 12.4. The number of piperazine rings is 1. The van der Waals surface area contributed by atoms with E-state index in [1.807, 2.05) is 29.0 Å². The Kier molecular flexibility index (Phi) is 8.26. The van der Waals surface area contributed by atoms with E-state index in [0.717, 1.165) is 68.7 Å². The van der Waals surface area contributed by atoms with Crippen molar-refractivity contribution in [2.75, 3.05) is 69.0 Å². The number of amides is 1. The number of carbonyl (C=O) groups excluding carboxylic acids is 1. The Hall–Kier alpha value is -4.48. The number of rotatable bonds is 8. The van der Waals surface area contributed by atoms with Crippen LogP contribution in [-0.4, -0.2) is 89.7 Å². The number of anilines is 4. The molecule has 6 rings (SSSR count). The van der Waals surface area contributed by atoms with Gasteiger partial charge in [-0.1, -0.05) is 6.58 Å². The van der Waals surface area contributed by atoms with Crippen LogP contribution in [-0.2, 0) is 4.79 Å². The van der Waals surface area contributed by atoms with Crippen LogP contribution in [0.4, 0.5) is 27.4 Å². The summed E-state index contributed by atoms with van der Waals surface area (Å²) < 4.78 is 21.4. The maximum absolute atomic E-state index is 13.7. The zero-order chi connectivity index (χ0) is 29.9. The van der Waals surface area contributed by atoms with Crippen molar-refractivity contribution < 1.29 is 13.9 Å². The number of benzene rings is 2. The second-order valence-corrected chi connectivity index (χ2v) is 11.1. The number of nitrogens with zero attached hydrogens (tertiary/aromatic N) is 6. The Morgan fingerprint density at radius 3 is 2.58 bits per heavy atom. The Bertz CT molecular complexity index is 1620. The Morgan fingerprint density at radius 2 is 1.84 bits per heavy atom. The predicted octanol–water partition coefficient (Wildman–Crippen LogP) is 4.65. The number of fused-ring (bicyclic) bond motifs is 1. The van der Waals surface area contributed by atoms with Crippen LogP contribution in [0.2, 0.25) is 0 Å². The largest absolute Gasteiger partial charge is 0.494 e. The molecule has 2 fully saturated rings. The van der Waals surface area contributed by atoms with E-state index in [1.54, 1.807) is 25.4 Å². The van der Waals surface area contributed by atoms with E-state index in [0.29, 0.717) is 34.9 Å². The Labute approximate surface area is 250 Å². The van der Waals surface area contributed by atoms with Crippen molar-refractivity contribution >= 4 is 39.8 Å². The van der Waals surface area contributed by atoms with Gasteiger partial charge in [0.25, 0.3) is 0 Å². The molecule has 2 saturated heterocycles. The molecule has 2 aromatic carbocycles. The predicted molar refractivity (Wildman–Crippen MR) is 168 cm³/mol. The summed E-state index contributed by atoms with van der Waals surface area (Å²) in [5.41, 5.74) is 2.99.